The number of carbonyl (C=O) groups excluding carboxylic acids is 3. The van der Waals surface area contributed by atoms with E-state index in [2.05, 4.69) is 36.2 Å². The summed E-state index contributed by atoms with van der Waals surface area (Å²) in [6.07, 6.45) is 0. The largest absolute Gasteiger partial charge is 0.457 e. The van der Waals surface area contributed by atoms with E-state index < -0.39 is 0 Å². The molecule has 0 aromatic heterocycles. The lowest BCUT2D eigenvalue weighted by atomic mass is 9.84. The van der Waals surface area contributed by atoms with E-state index in [4.69, 9.17) is 65.4 Å². The monoisotopic (exact) mass is 1180 g/mol. The second-order valence-electron chi connectivity index (χ2n) is 22.3. The number of rotatable bonds is 0. The van der Waals surface area contributed by atoms with Crippen LogP contribution < -0.4 is 18.9 Å². The molecule has 11 nitrogen and oxygen atoms in total. The summed E-state index contributed by atoms with van der Waals surface area (Å²) in [6, 6.07) is 54.5. The van der Waals surface area contributed by atoms with Crippen molar-refractivity contribution in [2.45, 2.75) is 35.5 Å². The molecule has 16 rings (SSSR count). The highest BCUT2D eigenvalue weighted by Gasteiger charge is 2.46. The van der Waals surface area contributed by atoms with Gasteiger partial charge in [0.2, 0.25) is 11.8 Å². The Kier molecular flexibility index (Phi) is 14.5. The van der Waals surface area contributed by atoms with Crippen LogP contribution in [0.5, 0.6) is 46.0 Å². The van der Waals surface area contributed by atoms with Crippen LogP contribution >= 0.6 is 46.4 Å². The zero-order chi connectivity index (χ0) is 57.4. The van der Waals surface area contributed by atoms with E-state index in [9.17, 15) is 14.4 Å². The fraction of sp³-hybridized carbons (Fsp3) is 0.221. The Bertz CT molecular complexity index is 3850. The number of carbonyl (C=O) groups is 3. The van der Waals surface area contributed by atoms with Crippen LogP contribution in [-0.4, -0.2) is 98.2 Å². The van der Waals surface area contributed by atoms with Crippen molar-refractivity contribution >= 4 is 75.3 Å². The van der Waals surface area contributed by atoms with Crippen LogP contribution in [0, 0.1) is 0 Å². The maximum atomic E-state index is 12.6. The molecule has 3 amide bonds. The molecular weight excluding hydrogens is 1130 g/mol. The highest BCUT2D eigenvalue weighted by Crippen LogP contribution is 2.54. The smallest absolute Gasteiger partial charge is 0.255 e. The molecule has 6 atom stereocenters. The van der Waals surface area contributed by atoms with Gasteiger partial charge in [0.1, 0.15) is 46.0 Å². The van der Waals surface area contributed by atoms with Gasteiger partial charge in [-0.3, -0.25) is 14.4 Å². The molecule has 8 aliphatic heterocycles. The van der Waals surface area contributed by atoms with Crippen molar-refractivity contribution in [2.75, 3.05) is 60.9 Å². The highest BCUT2D eigenvalue weighted by molar-refractivity contribution is 6.34. The first-order valence-corrected chi connectivity index (χ1v) is 29.1. The molecule has 0 aliphatic carbocycles. The van der Waals surface area contributed by atoms with Gasteiger partial charge in [0.15, 0.2) is 0 Å². The van der Waals surface area contributed by atoms with Crippen LogP contribution in [-0.2, 0) is 14.4 Å². The third kappa shape index (κ3) is 10.1. The lowest BCUT2D eigenvalue weighted by Gasteiger charge is -2.17. The predicted molar refractivity (Wildman–Crippen MR) is 326 cm³/mol. The van der Waals surface area contributed by atoms with Crippen molar-refractivity contribution < 1.29 is 33.3 Å². The first-order valence-electron chi connectivity index (χ1n) is 27.6. The molecule has 8 aromatic rings. The standard InChI is InChI=1S/2C17H14ClNO2.C17H12ClNO2.C17H16ClNO/c3*1-19-9-13-11-4-2-3-5-14(11)21-15-7-6-10(18)8-12(15)16(13)17(19)20;1-19-9-14-12-4-2-3-5-16(12)20-17-7-6-11(18)8-13(17)15(14)10-19/h2*2-8,13,16H,9H2,1H3;2-8H,9H2,1H3;2-8,14-15H,9-10H2,1H3/t13-,16+;13-,16-;;14-,15-/m11.1/s1. The topological polar surface area (TPSA) is 101 Å². The van der Waals surface area contributed by atoms with Gasteiger partial charge in [0.05, 0.1) is 17.4 Å². The van der Waals surface area contributed by atoms with E-state index in [1.165, 1.54) is 11.1 Å². The maximum absolute atomic E-state index is 12.6. The number of amides is 3. The second-order valence-corrected chi connectivity index (χ2v) is 24.0. The number of fused-ring (bicyclic) bond motifs is 19. The van der Waals surface area contributed by atoms with Gasteiger partial charge in [-0.05, 0) is 115 Å². The average molecular weight is 1180 g/mol. The Labute approximate surface area is 502 Å². The first kappa shape index (κ1) is 54.5. The molecule has 8 aromatic carbocycles. The summed E-state index contributed by atoms with van der Waals surface area (Å²) < 4.78 is 24.3. The molecule has 0 saturated carbocycles. The molecule has 8 heterocycles. The molecule has 0 radical (unpaired) electrons. The van der Waals surface area contributed by atoms with Crippen LogP contribution in [0.1, 0.15) is 80.0 Å². The van der Waals surface area contributed by atoms with Crippen molar-refractivity contribution in [2.24, 2.45) is 0 Å². The fourth-order valence-corrected chi connectivity index (χ4v) is 13.9. The van der Waals surface area contributed by atoms with Crippen LogP contribution in [0.4, 0.5) is 0 Å². The van der Waals surface area contributed by atoms with Gasteiger partial charge in [-0.25, -0.2) is 0 Å². The van der Waals surface area contributed by atoms with Crippen LogP contribution in [0.25, 0.3) is 11.1 Å². The first-order chi connectivity index (χ1) is 40.2. The minimum atomic E-state index is -0.215. The molecule has 0 spiro atoms. The SMILES string of the molecule is CN1CC2=C(C1=O)c1cc(Cl)ccc1Oc1ccccc12.CN1C[C@@H]2c3ccccc3Oc3ccc(Cl)cc3[C@@H]2C1=O.CN1C[C@@H]2c3ccccc3Oc3ccc(Cl)cc3[C@H]2C1.CN1C[C@@H]2c3ccccc3Oc3ccc(Cl)cc3[C@H]2C1=O. The number of nitrogens with zero attached hydrogens (tertiary/aromatic N) is 4. The van der Waals surface area contributed by atoms with Crippen LogP contribution in [0.2, 0.25) is 20.1 Å². The van der Waals surface area contributed by atoms with Crippen molar-refractivity contribution in [3.8, 4) is 46.0 Å². The van der Waals surface area contributed by atoms with Crippen molar-refractivity contribution in [1.82, 2.24) is 19.6 Å². The molecule has 8 aliphatic rings. The number of halogens is 4. The summed E-state index contributed by atoms with van der Waals surface area (Å²) in [5, 5.41) is 2.64. The van der Waals surface area contributed by atoms with E-state index >= 15 is 0 Å². The zero-order valence-corrected chi connectivity index (χ0v) is 48.8. The number of benzene rings is 8. The summed E-state index contributed by atoms with van der Waals surface area (Å²) in [4.78, 5) is 45.5. The normalized spacial score (nSPS) is 21.5. The summed E-state index contributed by atoms with van der Waals surface area (Å²) in [6.45, 7) is 4.11. The van der Waals surface area contributed by atoms with E-state index in [-0.39, 0.29) is 41.4 Å². The maximum Gasteiger partial charge on any atom is 0.255 e. The van der Waals surface area contributed by atoms with Gasteiger partial charge < -0.3 is 38.5 Å². The van der Waals surface area contributed by atoms with E-state index in [0.717, 1.165) is 97.3 Å². The van der Waals surface area contributed by atoms with E-state index in [0.29, 0.717) is 57.9 Å². The molecule has 0 bridgehead atoms. The molecule has 83 heavy (non-hydrogen) atoms. The van der Waals surface area contributed by atoms with Gasteiger partial charge in [0, 0.05) is 137 Å². The molecule has 3 fully saturated rings. The van der Waals surface area contributed by atoms with E-state index in [1.807, 2.05) is 142 Å². The second kappa shape index (κ2) is 22.1. The van der Waals surface area contributed by atoms with Gasteiger partial charge in [-0.1, -0.05) is 119 Å². The van der Waals surface area contributed by atoms with Crippen molar-refractivity contribution in [3.05, 3.63) is 234 Å². The summed E-state index contributed by atoms with van der Waals surface area (Å²) in [7, 11) is 7.70. The fourth-order valence-electron chi connectivity index (χ4n) is 13.2. The van der Waals surface area contributed by atoms with Gasteiger partial charge in [-0.15, -0.1) is 0 Å². The molecule has 418 valence electrons. The summed E-state index contributed by atoms with van der Waals surface area (Å²) in [5.41, 5.74) is 9.94. The zero-order valence-electron chi connectivity index (χ0n) is 45.8. The van der Waals surface area contributed by atoms with Crippen molar-refractivity contribution in [1.29, 1.82) is 0 Å². The minimum Gasteiger partial charge on any atom is -0.457 e. The molecule has 15 heteroatoms. The number of likely N-dealkylation sites (tertiary alicyclic amines) is 3. The lowest BCUT2D eigenvalue weighted by Crippen LogP contribution is -2.21. The Morgan fingerprint density at radius 1 is 0.361 bits per heavy atom. The van der Waals surface area contributed by atoms with Crippen molar-refractivity contribution in [3.63, 3.8) is 0 Å². The third-order valence-corrected chi connectivity index (χ3v) is 18.0. The molecule has 3 saturated heterocycles. The number of hydrogen-bond donors (Lipinski definition) is 0. The van der Waals surface area contributed by atoms with E-state index in [1.54, 1.807) is 39.0 Å². The highest BCUT2D eigenvalue weighted by atomic mass is 35.5. The van der Waals surface area contributed by atoms with Crippen LogP contribution in [0.15, 0.2) is 170 Å². The quantitative estimate of drug-likeness (QED) is 0.148. The summed E-state index contributed by atoms with van der Waals surface area (Å²) in [5.74, 6) is 7.48. The minimum absolute atomic E-state index is 0.00817. The average Bonchev–Trinajstić information content (AvgIpc) is 2.46. The number of para-hydroxylation sites is 4. The number of hydrogen-bond acceptors (Lipinski definition) is 8. The summed E-state index contributed by atoms with van der Waals surface area (Å²) >= 11 is 24.6. The van der Waals surface area contributed by atoms with Crippen LogP contribution in [0.3, 0.4) is 0 Å². The van der Waals surface area contributed by atoms with Gasteiger partial charge in [0.25, 0.3) is 5.91 Å². The number of ether oxygens (including phenoxy) is 4. The molecule has 0 unspecified atom stereocenters. The lowest BCUT2D eigenvalue weighted by molar-refractivity contribution is -0.128. The molecular formula is C68H56Cl4N4O7. The van der Waals surface area contributed by atoms with Gasteiger partial charge >= 0.3 is 0 Å². The number of likely N-dealkylation sites (N-methyl/N-ethyl adjacent to an activating group) is 4. The predicted octanol–water partition coefficient (Wildman–Crippen LogP) is 15.7. The third-order valence-electron chi connectivity index (χ3n) is 17.0. The Balaban J connectivity index is 0.000000104. The molecule has 0 N–H and O–H groups in total. The Hall–Kier alpha value is -7.77. The Morgan fingerprint density at radius 3 is 1.23 bits per heavy atom. The Morgan fingerprint density at radius 2 is 0.723 bits per heavy atom. The van der Waals surface area contributed by atoms with Gasteiger partial charge in [-0.2, -0.15) is 0 Å².